The monoisotopic (exact) mass is 290 g/mol. The summed E-state index contributed by atoms with van der Waals surface area (Å²) >= 11 is 1.76. The van der Waals surface area contributed by atoms with Gasteiger partial charge < -0.3 is 10.6 Å². The van der Waals surface area contributed by atoms with Gasteiger partial charge in [0, 0.05) is 19.0 Å². The van der Waals surface area contributed by atoms with Gasteiger partial charge in [-0.15, -0.1) is 11.3 Å². The Morgan fingerprint density at radius 3 is 2.80 bits per heavy atom. The Kier molecular flexibility index (Phi) is 3.56. The van der Waals surface area contributed by atoms with Crippen molar-refractivity contribution in [3.63, 3.8) is 0 Å². The number of aromatic nitrogens is 2. The summed E-state index contributed by atoms with van der Waals surface area (Å²) in [6.45, 7) is 0. The molecule has 0 saturated heterocycles. The van der Waals surface area contributed by atoms with Crippen molar-refractivity contribution >= 4 is 33.3 Å². The minimum Gasteiger partial charge on any atom is -0.372 e. The molecule has 1 amide bonds. The van der Waals surface area contributed by atoms with E-state index in [1.54, 1.807) is 18.4 Å². The van der Waals surface area contributed by atoms with Crippen LogP contribution in [0.2, 0.25) is 0 Å². The second kappa shape index (κ2) is 5.36. The van der Waals surface area contributed by atoms with Crippen LogP contribution in [0.1, 0.15) is 29.1 Å². The number of thiophene rings is 1. The maximum Gasteiger partial charge on any atom is 0.227 e. The minimum absolute atomic E-state index is 0.0623. The highest BCUT2D eigenvalue weighted by Crippen LogP contribution is 2.38. The van der Waals surface area contributed by atoms with Crippen LogP contribution in [0.4, 0.5) is 5.82 Å². The molecule has 0 bridgehead atoms. The van der Waals surface area contributed by atoms with E-state index in [1.165, 1.54) is 23.3 Å². The predicted molar refractivity (Wildman–Crippen MR) is 81.4 cm³/mol. The maximum absolute atomic E-state index is 11.5. The third-order valence-electron chi connectivity index (χ3n) is 3.70. The van der Waals surface area contributed by atoms with Gasteiger partial charge in [0.25, 0.3) is 0 Å². The van der Waals surface area contributed by atoms with Crippen LogP contribution in [0, 0.1) is 0 Å². The highest BCUT2D eigenvalue weighted by molar-refractivity contribution is 7.19. The lowest BCUT2D eigenvalue weighted by atomic mass is 9.97. The van der Waals surface area contributed by atoms with Crippen molar-refractivity contribution in [2.45, 2.75) is 32.1 Å². The Hall–Kier alpha value is -1.69. The lowest BCUT2D eigenvalue weighted by Crippen LogP contribution is -2.21. The number of fused-ring (bicyclic) bond motifs is 3. The Morgan fingerprint density at radius 1 is 1.25 bits per heavy atom. The van der Waals surface area contributed by atoms with E-state index in [2.05, 4.69) is 20.6 Å². The average Bonchev–Trinajstić information content (AvgIpc) is 2.84. The summed E-state index contributed by atoms with van der Waals surface area (Å²) in [5, 5.41) is 6.93. The second-order valence-electron chi connectivity index (χ2n) is 4.98. The van der Waals surface area contributed by atoms with Crippen LogP contribution in [0.25, 0.3) is 10.2 Å². The summed E-state index contributed by atoms with van der Waals surface area (Å²) in [7, 11) is 3.50. The van der Waals surface area contributed by atoms with E-state index in [1.807, 2.05) is 7.05 Å². The predicted octanol–water partition coefficient (Wildman–Crippen LogP) is 1.90. The third-order valence-corrected chi connectivity index (χ3v) is 4.88. The van der Waals surface area contributed by atoms with Gasteiger partial charge in [-0.3, -0.25) is 4.79 Å². The zero-order valence-electron chi connectivity index (χ0n) is 11.7. The Labute approximate surface area is 121 Å². The fourth-order valence-corrected chi connectivity index (χ4v) is 3.97. The first-order chi connectivity index (χ1) is 9.72. The number of nitrogens with zero attached hydrogens (tertiary/aromatic N) is 2. The number of likely N-dealkylation sites (N-methyl/N-ethyl adjacent to an activating group) is 1. The molecule has 0 spiro atoms. The summed E-state index contributed by atoms with van der Waals surface area (Å²) < 4.78 is 0. The average molecular weight is 290 g/mol. The van der Waals surface area contributed by atoms with Gasteiger partial charge in [-0.2, -0.15) is 0 Å². The van der Waals surface area contributed by atoms with Gasteiger partial charge in [0.05, 0.1) is 11.8 Å². The molecule has 5 nitrogen and oxygen atoms in total. The lowest BCUT2D eigenvalue weighted by Gasteiger charge is -2.11. The molecule has 0 aliphatic heterocycles. The summed E-state index contributed by atoms with van der Waals surface area (Å²) in [6.07, 6.45) is 4.98. The summed E-state index contributed by atoms with van der Waals surface area (Å²) in [6, 6.07) is 0. The summed E-state index contributed by atoms with van der Waals surface area (Å²) in [4.78, 5) is 23.0. The van der Waals surface area contributed by atoms with Crippen LogP contribution in [0.15, 0.2) is 0 Å². The molecule has 0 radical (unpaired) electrons. The van der Waals surface area contributed by atoms with Crippen LogP contribution in [0.3, 0.4) is 0 Å². The van der Waals surface area contributed by atoms with Gasteiger partial charge in [-0.1, -0.05) is 0 Å². The first-order valence-corrected chi connectivity index (χ1v) is 7.74. The van der Waals surface area contributed by atoms with Gasteiger partial charge in [-0.05, 0) is 31.2 Å². The Morgan fingerprint density at radius 2 is 2.05 bits per heavy atom. The van der Waals surface area contributed by atoms with Crippen molar-refractivity contribution in [1.82, 2.24) is 15.3 Å². The van der Waals surface area contributed by atoms with Crippen LogP contribution >= 0.6 is 11.3 Å². The molecular weight excluding hydrogens is 272 g/mol. The SMILES string of the molecule is CNC(=O)Cc1nc(NC)c2c3c(sc2n1)CCCC3. The zero-order valence-corrected chi connectivity index (χ0v) is 12.6. The van der Waals surface area contributed by atoms with E-state index in [4.69, 9.17) is 0 Å². The van der Waals surface area contributed by atoms with Crippen LogP contribution in [-0.4, -0.2) is 30.0 Å². The van der Waals surface area contributed by atoms with Crippen molar-refractivity contribution in [3.8, 4) is 0 Å². The Balaban J connectivity index is 2.12. The molecular formula is C14H18N4OS. The number of aryl methyl sites for hydroxylation is 2. The first kappa shape index (κ1) is 13.3. The molecule has 1 aliphatic carbocycles. The number of rotatable bonds is 3. The molecule has 0 fully saturated rings. The van der Waals surface area contributed by atoms with Gasteiger partial charge >= 0.3 is 0 Å². The number of amides is 1. The zero-order chi connectivity index (χ0) is 14.1. The highest BCUT2D eigenvalue weighted by Gasteiger charge is 2.21. The highest BCUT2D eigenvalue weighted by atomic mass is 32.1. The van der Waals surface area contributed by atoms with E-state index in [9.17, 15) is 4.79 Å². The topological polar surface area (TPSA) is 66.9 Å². The van der Waals surface area contributed by atoms with Crippen molar-refractivity contribution in [2.24, 2.45) is 0 Å². The van der Waals surface area contributed by atoms with E-state index < -0.39 is 0 Å². The number of hydrogen-bond donors (Lipinski definition) is 2. The quantitative estimate of drug-likeness (QED) is 0.906. The van der Waals surface area contributed by atoms with Gasteiger partial charge in [0.15, 0.2) is 0 Å². The molecule has 2 aromatic heterocycles. The number of carbonyl (C=O) groups is 1. The molecule has 0 aromatic carbocycles. The second-order valence-corrected chi connectivity index (χ2v) is 6.06. The molecule has 2 N–H and O–H groups in total. The van der Waals surface area contributed by atoms with Crippen LogP contribution in [0.5, 0.6) is 0 Å². The van der Waals surface area contributed by atoms with Gasteiger partial charge in [0.1, 0.15) is 16.5 Å². The van der Waals surface area contributed by atoms with E-state index in [0.717, 1.165) is 28.9 Å². The molecule has 3 rings (SSSR count). The normalized spacial score (nSPS) is 14.1. The molecule has 0 unspecified atom stereocenters. The molecule has 0 saturated carbocycles. The summed E-state index contributed by atoms with van der Waals surface area (Å²) in [5.41, 5.74) is 1.41. The fraction of sp³-hybridized carbons (Fsp3) is 0.500. The Bertz CT molecular complexity index is 665. The van der Waals surface area contributed by atoms with Gasteiger partial charge in [0.2, 0.25) is 5.91 Å². The number of nitrogens with one attached hydrogen (secondary N) is 2. The molecule has 1 aliphatic rings. The van der Waals surface area contributed by atoms with E-state index >= 15 is 0 Å². The molecule has 0 atom stereocenters. The number of hydrogen-bond acceptors (Lipinski definition) is 5. The molecule has 106 valence electrons. The number of anilines is 1. The first-order valence-electron chi connectivity index (χ1n) is 6.92. The molecule has 2 heterocycles. The van der Waals surface area contributed by atoms with Crippen LogP contribution < -0.4 is 10.6 Å². The maximum atomic E-state index is 11.5. The van der Waals surface area contributed by atoms with Crippen molar-refractivity contribution in [2.75, 3.05) is 19.4 Å². The van der Waals surface area contributed by atoms with Crippen LogP contribution in [-0.2, 0) is 24.1 Å². The molecule has 20 heavy (non-hydrogen) atoms. The largest absolute Gasteiger partial charge is 0.372 e. The van der Waals surface area contributed by atoms with Crippen molar-refractivity contribution < 1.29 is 4.79 Å². The van der Waals surface area contributed by atoms with Gasteiger partial charge in [-0.25, -0.2) is 9.97 Å². The number of carbonyl (C=O) groups excluding carboxylic acids is 1. The lowest BCUT2D eigenvalue weighted by molar-refractivity contribution is -0.120. The third kappa shape index (κ3) is 2.24. The molecule has 6 heteroatoms. The van der Waals surface area contributed by atoms with E-state index in [0.29, 0.717) is 5.82 Å². The summed E-state index contributed by atoms with van der Waals surface area (Å²) in [5.74, 6) is 1.38. The van der Waals surface area contributed by atoms with Crippen molar-refractivity contribution in [3.05, 3.63) is 16.3 Å². The molecule has 2 aromatic rings. The minimum atomic E-state index is -0.0623. The van der Waals surface area contributed by atoms with E-state index in [-0.39, 0.29) is 12.3 Å². The fourth-order valence-electron chi connectivity index (χ4n) is 2.69. The van der Waals surface area contributed by atoms with Crippen molar-refractivity contribution in [1.29, 1.82) is 0 Å². The standard InChI is InChI=1S/C14H18N4OS/c1-15-11(19)7-10-17-13(16-2)12-8-5-3-4-6-9(8)20-14(12)18-10/h3-7H2,1-2H3,(H,15,19)(H,16,17,18). The smallest absolute Gasteiger partial charge is 0.227 e.